The fourth-order valence-corrected chi connectivity index (χ4v) is 1.76. The molecule has 0 aliphatic carbocycles. The molecule has 1 aromatic rings. The summed E-state index contributed by atoms with van der Waals surface area (Å²) < 4.78 is 0. The molecular formula is C11H15N. The number of para-hydroxylation sites is 1. The molecule has 64 valence electrons. The molecule has 0 radical (unpaired) electrons. The maximum absolute atomic E-state index is 3.46. The Labute approximate surface area is 73.8 Å². The van der Waals surface area contributed by atoms with Crippen LogP contribution in [0.4, 0.5) is 5.69 Å². The van der Waals surface area contributed by atoms with E-state index in [2.05, 4.69) is 36.5 Å². The number of benzene rings is 1. The summed E-state index contributed by atoms with van der Waals surface area (Å²) in [7, 11) is 0. The van der Waals surface area contributed by atoms with E-state index in [1.807, 2.05) is 0 Å². The van der Waals surface area contributed by atoms with Gasteiger partial charge in [0.15, 0.2) is 0 Å². The summed E-state index contributed by atoms with van der Waals surface area (Å²) in [6.07, 6.45) is 3.90. The second kappa shape index (κ2) is 3.18. The van der Waals surface area contributed by atoms with Crippen LogP contribution in [0.25, 0.3) is 0 Å². The van der Waals surface area contributed by atoms with Gasteiger partial charge in [-0.1, -0.05) is 38.0 Å². The van der Waals surface area contributed by atoms with E-state index >= 15 is 0 Å². The van der Waals surface area contributed by atoms with Gasteiger partial charge in [-0.2, -0.15) is 0 Å². The van der Waals surface area contributed by atoms with Crippen LogP contribution in [0.2, 0.25) is 0 Å². The molecule has 1 unspecified atom stereocenters. The van der Waals surface area contributed by atoms with E-state index in [9.17, 15) is 0 Å². The van der Waals surface area contributed by atoms with Gasteiger partial charge in [-0.25, -0.2) is 0 Å². The van der Waals surface area contributed by atoms with Crippen LogP contribution in [0, 0.1) is 0 Å². The van der Waals surface area contributed by atoms with Crippen molar-refractivity contribution in [3.63, 3.8) is 0 Å². The van der Waals surface area contributed by atoms with Crippen LogP contribution in [-0.2, 0) is 0 Å². The Morgan fingerprint density at radius 3 is 2.92 bits per heavy atom. The zero-order valence-electron chi connectivity index (χ0n) is 7.51. The molecule has 0 aromatic heterocycles. The van der Waals surface area contributed by atoms with Gasteiger partial charge in [0.2, 0.25) is 0 Å². The van der Waals surface area contributed by atoms with Crippen LogP contribution < -0.4 is 5.32 Å². The number of hydrogen-bond acceptors (Lipinski definition) is 1. The fourth-order valence-electron chi connectivity index (χ4n) is 1.76. The zero-order valence-corrected chi connectivity index (χ0v) is 7.51. The van der Waals surface area contributed by atoms with Gasteiger partial charge < -0.3 is 5.32 Å². The van der Waals surface area contributed by atoms with Crippen molar-refractivity contribution in [2.24, 2.45) is 0 Å². The minimum absolute atomic E-state index is 0.640. The number of unbranched alkanes of at least 4 members (excludes halogenated alkanes) is 1. The monoisotopic (exact) mass is 161 g/mol. The van der Waals surface area contributed by atoms with Crippen LogP contribution in [0.15, 0.2) is 24.3 Å². The molecular weight excluding hydrogens is 146 g/mol. The molecule has 1 heteroatoms. The number of rotatable bonds is 3. The summed E-state index contributed by atoms with van der Waals surface area (Å²) in [6, 6.07) is 9.23. The first-order valence-electron chi connectivity index (χ1n) is 4.77. The average molecular weight is 161 g/mol. The molecule has 1 N–H and O–H groups in total. The van der Waals surface area contributed by atoms with E-state index in [1.165, 1.54) is 30.5 Å². The molecule has 0 spiro atoms. The standard InChI is InChI=1S/C11H15N/c1-2-3-7-10-9-6-4-5-8-11(9)12-10/h4-6,8,10,12H,2-3,7H2,1H3. The SMILES string of the molecule is CCCCC1Nc2ccccc21. The van der Waals surface area contributed by atoms with Crippen LogP contribution >= 0.6 is 0 Å². The van der Waals surface area contributed by atoms with Gasteiger partial charge in [0, 0.05) is 5.69 Å². The molecule has 1 aromatic carbocycles. The predicted molar refractivity (Wildman–Crippen MR) is 52.3 cm³/mol. The first-order valence-corrected chi connectivity index (χ1v) is 4.77. The highest BCUT2D eigenvalue weighted by Gasteiger charge is 2.22. The summed E-state index contributed by atoms with van der Waals surface area (Å²) in [5.74, 6) is 0. The second-order valence-corrected chi connectivity index (χ2v) is 3.43. The molecule has 2 rings (SSSR count). The Morgan fingerprint density at radius 1 is 1.33 bits per heavy atom. The molecule has 0 bridgehead atoms. The quantitative estimate of drug-likeness (QED) is 0.717. The maximum Gasteiger partial charge on any atom is 0.0534 e. The molecule has 0 saturated heterocycles. The number of fused-ring (bicyclic) bond motifs is 1. The van der Waals surface area contributed by atoms with E-state index in [-0.39, 0.29) is 0 Å². The van der Waals surface area contributed by atoms with E-state index < -0.39 is 0 Å². The van der Waals surface area contributed by atoms with Crippen molar-refractivity contribution < 1.29 is 0 Å². The second-order valence-electron chi connectivity index (χ2n) is 3.43. The van der Waals surface area contributed by atoms with Crippen molar-refractivity contribution in [2.45, 2.75) is 32.2 Å². The van der Waals surface area contributed by atoms with Crippen LogP contribution in [0.1, 0.15) is 37.8 Å². The maximum atomic E-state index is 3.46. The van der Waals surface area contributed by atoms with Crippen molar-refractivity contribution in [1.82, 2.24) is 0 Å². The van der Waals surface area contributed by atoms with Gasteiger partial charge in [-0.15, -0.1) is 0 Å². The van der Waals surface area contributed by atoms with E-state index in [0.29, 0.717) is 6.04 Å². The molecule has 12 heavy (non-hydrogen) atoms. The van der Waals surface area contributed by atoms with Crippen molar-refractivity contribution in [3.8, 4) is 0 Å². The summed E-state index contributed by atoms with van der Waals surface area (Å²) >= 11 is 0. The molecule has 1 nitrogen and oxygen atoms in total. The molecule has 1 aliphatic rings. The Bertz CT molecular complexity index is 267. The lowest BCUT2D eigenvalue weighted by atomic mass is 9.92. The lowest BCUT2D eigenvalue weighted by Gasteiger charge is -2.32. The smallest absolute Gasteiger partial charge is 0.0534 e. The highest BCUT2D eigenvalue weighted by molar-refractivity contribution is 5.62. The van der Waals surface area contributed by atoms with Crippen LogP contribution in [0.3, 0.4) is 0 Å². The highest BCUT2D eigenvalue weighted by Crippen LogP contribution is 2.38. The minimum atomic E-state index is 0.640. The molecule has 0 fully saturated rings. The predicted octanol–water partition coefficient (Wildman–Crippen LogP) is 3.34. The van der Waals surface area contributed by atoms with Crippen molar-refractivity contribution in [3.05, 3.63) is 29.8 Å². The lowest BCUT2D eigenvalue weighted by molar-refractivity contribution is 0.608. The minimum Gasteiger partial charge on any atom is -0.378 e. The van der Waals surface area contributed by atoms with Crippen LogP contribution in [-0.4, -0.2) is 0 Å². The molecule has 0 amide bonds. The largest absolute Gasteiger partial charge is 0.378 e. The first kappa shape index (κ1) is 7.66. The van der Waals surface area contributed by atoms with Crippen molar-refractivity contribution in [2.75, 3.05) is 5.32 Å². The highest BCUT2D eigenvalue weighted by atomic mass is 15.0. The molecule has 1 atom stereocenters. The zero-order chi connectivity index (χ0) is 8.39. The average Bonchev–Trinajstić information content (AvgIpc) is 2.07. The Morgan fingerprint density at radius 2 is 2.17 bits per heavy atom. The van der Waals surface area contributed by atoms with E-state index in [4.69, 9.17) is 0 Å². The van der Waals surface area contributed by atoms with Gasteiger partial charge in [0.05, 0.1) is 6.04 Å². The molecule has 1 heterocycles. The fraction of sp³-hybridized carbons (Fsp3) is 0.455. The number of hydrogen-bond donors (Lipinski definition) is 1. The van der Waals surface area contributed by atoms with Gasteiger partial charge in [0.1, 0.15) is 0 Å². The summed E-state index contributed by atoms with van der Waals surface area (Å²) in [4.78, 5) is 0. The van der Waals surface area contributed by atoms with E-state index in [1.54, 1.807) is 0 Å². The third-order valence-electron chi connectivity index (χ3n) is 2.51. The first-order chi connectivity index (χ1) is 5.92. The van der Waals surface area contributed by atoms with E-state index in [0.717, 1.165) is 0 Å². The Kier molecular flexibility index (Phi) is 2.03. The number of nitrogens with one attached hydrogen (secondary N) is 1. The van der Waals surface area contributed by atoms with Gasteiger partial charge in [0.25, 0.3) is 0 Å². The summed E-state index contributed by atoms with van der Waals surface area (Å²) in [5.41, 5.74) is 2.84. The lowest BCUT2D eigenvalue weighted by Crippen LogP contribution is -2.22. The summed E-state index contributed by atoms with van der Waals surface area (Å²) in [5, 5.41) is 3.46. The van der Waals surface area contributed by atoms with Crippen molar-refractivity contribution >= 4 is 5.69 Å². The topological polar surface area (TPSA) is 12.0 Å². The van der Waals surface area contributed by atoms with Crippen molar-refractivity contribution in [1.29, 1.82) is 0 Å². The third kappa shape index (κ3) is 1.20. The van der Waals surface area contributed by atoms with Gasteiger partial charge >= 0.3 is 0 Å². The normalized spacial score (nSPS) is 19.2. The van der Waals surface area contributed by atoms with Crippen LogP contribution in [0.5, 0.6) is 0 Å². The molecule has 0 saturated carbocycles. The third-order valence-corrected chi connectivity index (χ3v) is 2.51. The van der Waals surface area contributed by atoms with Gasteiger partial charge in [-0.05, 0) is 18.1 Å². The molecule has 1 aliphatic heterocycles. The Balaban J connectivity index is 2.00. The number of anilines is 1. The van der Waals surface area contributed by atoms with Gasteiger partial charge in [-0.3, -0.25) is 0 Å². The summed E-state index contributed by atoms with van der Waals surface area (Å²) in [6.45, 7) is 2.24. The Hall–Kier alpha value is -0.980.